The highest BCUT2D eigenvalue weighted by Crippen LogP contribution is 2.26. The summed E-state index contributed by atoms with van der Waals surface area (Å²) in [4.78, 5) is 0. The maximum absolute atomic E-state index is 4.15. The molecule has 3 rings (SSSR count). The van der Waals surface area contributed by atoms with Crippen molar-refractivity contribution in [2.24, 2.45) is 0 Å². The Morgan fingerprint density at radius 1 is 0.550 bits per heavy atom. The summed E-state index contributed by atoms with van der Waals surface area (Å²) in [6, 6.07) is 15.4. The fourth-order valence-electron chi connectivity index (χ4n) is 1.73. The first kappa shape index (κ1) is 13.3. The van der Waals surface area contributed by atoms with Crippen molar-refractivity contribution in [3.8, 4) is 22.8 Å². The molecule has 0 saturated carbocycles. The minimum absolute atomic E-state index is 0.494. The first-order valence-electron chi connectivity index (χ1n) is 5.83. The van der Waals surface area contributed by atoms with Gasteiger partial charge in [-0.25, -0.2) is 0 Å². The zero-order chi connectivity index (χ0) is 13.9. The Hall–Kier alpha value is -1.66. The second-order valence-electron chi connectivity index (χ2n) is 4.01. The standard InChI is InChI=1S/C14H8Br2N4/c15-11-7-3-1-5-9(11)13-17-19-14(20-18-13)10-6-2-4-8-12(10)16/h1-8H. The van der Waals surface area contributed by atoms with Gasteiger partial charge in [0.25, 0.3) is 0 Å². The number of aromatic nitrogens is 4. The molecule has 0 fully saturated rings. The predicted octanol–water partition coefficient (Wildman–Crippen LogP) is 4.13. The molecule has 0 unspecified atom stereocenters. The van der Waals surface area contributed by atoms with Crippen molar-refractivity contribution in [3.63, 3.8) is 0 Å². The molecule has 0 bridgehead atoms. The third kappa shape index (κ3) is 2.62. The summed E-state index contributed by atoms with van der Waals surface area (Å²) in [6.45, 7) is 0. The van der Waals surface area contributed by atoms with E-state index in [4.69, 9.17) is 0 Å². The Morgan fingerprint density at radius 2 is 0.900 bits per heavy atom. The van der Waals surface area contributed by atoms with Crippen LogP contribution in [0.3, 0.4) is 0 Å². The number of benzene rings is 2. The molecular formula is C14H8Br2N4. The van der Waals surface area contributed by atoms with Crippen LogP contribution in [0.25, 0.3) is 22.8 Å². The second kappa shape index (κ2) is 5.76. The van der Waals surface area contributed by atoms with Gasteiger partial charge >= 0.3 is 0 Å². The Balaban J connectivity index is 2.01. The number of halogens is 2. The van der Waals surface area contributed by atoms with E-state index in [-0.39, 0.29) is 0 Å². The van der Waals surface area contributed by atoms with Crippen molar-refractivity contribution in [3.05, 3.63) is 57.5 Å². The fourth-order valence-corrected chi connectivity index (χ4v) is 2.65. The first-order chi connectivity index (χ1) is 9.75. The second-order valence-corrected chi connectivity index (χ2v) is 5.72. The monoisotopic (exact) mass is 390 g/mol. The molecule has 2 aromatic carbocycles. The largest absolute Gasteiger partial charge is 0.204 e. The molecule has 1 heterocycles. The topological polar surface area (TPSA) is 51.6 Å². The van der Waals surface area contributed by atoms with E-state index in [2.05, 4.69) is 52.3 Å². The molecule has 0 N–H and O–H groups in total. The van der Waals surface area contributed by atoms with Crippen LogP contribution in [-0.4, -0.2) is 20.4 Å². The van der Waals surface area contributed by atoms with Gasteiger partial charge in [-0.15, -0.1) is 20.4 Å². The van der Waals surface area contributed by atoms with Crippen LogP contribution in [0, 0.1) is 0 Å². The zero-order valence-electron chi connectivity index (χ0n) is 10.2. The van der Waals surface area contributed by atoms with Gasteiger partial charge in [0.1, 0.15) is 0 Å². The quantitative estimate of drug-likeness (QED) is 0.659. The Bertz CT molecular complexity index is 680. The minimum Gasteiger partial charge on any atom is -0.126 e. The molecule has 0 saturated heterocycles. The summed E-state index contributed by atoms with van der Waals surface area (Å²) in [5, 5.41) is 16.6. The van der Waals surface area contributed by atoms with E-state index in [0.29, 0.717) is 11.6 Å². The normalized spacial score (nSPS) is 10.5. The molecule has 6 heteroatoms. The molecule has 0 amide bonds. The molecule has 4 nitrogen and oxygen atoms in total. The Morgan fingerprint density at radius 3 is 1.25 bits per heavy atom. The maximum atomic E-state index is 4.15. The van der Waals surface area contributed by atoms with Gasteiger partial charge in [-0.2, -0.15) is 0 Å². The molecule has 0 atom stereocenters. The third-order valence-electron chi connectivity index (χ3n) is 2.71. The lowest BCUT2D eigenvalue weighted by molar-refractivity contribution is 0.875. The lowest BCUT2D eigenvalue weighted by atomic mass is 10.2. The maximum Gasteiger partial charge on any atom is 0.204 e. The summed E-state index contributed by atoms with van der Waals surface area (Å²) in [6.07, 6.45) is 0. The first-order valence-corrected chi connectivity index (χ1v) is 7.41. The van der Waals surface area contributed by atoms with Gasteiger partial charge in [-0.1, -0.05) is 56.1 Å². The number of hydrogen-bond acceptors (Lipinski definition) is 4. The summed E-state index contributed by atoms with van der Waals surface area (Å²) in [7, 11) is 0. The molecule has 98 valence electrons. The van der Waals surface area contributed by atoms with Crippen molar-refractivity contribution in [2.45, 2.75) is 0 Å². The highest BCUT2D eigenvalue weighted by atomic mass is 79.9. The highest BCUT2D eigenvalue weighted by molar-refractivity contribution is 9.11. The molecule has 0 radical (unpaired) electrons. The summed E-state index contributed by atoms with van der Waals surface area (Å²) in [5.41, 5.74) is 1.73. The van der Waals surface area contributed by atoms with E-state index in [9.17, 15) is 0 Å². The molecular weight excluding hydrogens is 384 g/mol. The van der Waals surface area contributed by atoms with Crippen LogP contribution in [-0.2, 0) is 0 Å². The van der Waals surface area contributed by atoms with Crippen LogP contribution in [0.2, 0.25) is 0 Å². The van der Waals surface area contributed by atoms with Gasteiger partial charge in [-0.05, 0) is 24.3 Å². The van der Waals surface area contributed by atoms with Crippen molar-refractivity contribution >= 4 is 31.9 Å². The summed E-state index contributed by atoms with van der Waals surface area (Å²) >= 11 is 6.93. The van der Waals surface area contributed by atoms with E-state index >= 15 is 0 Å². The molecule has 1 aromatic heterocycles. The van der Waals surface area contributed by atoms with Gasteiger partial charge < -0.3 is 0 Å². The van der Waals surface area contributed by atoms with Crippen molar-refractivity contribution in [1.29, 1.82) is 0 Å². The minimum atomic E-state index is 0.494. The van der Waals surface area contributed by atoms with E-state index < -0.39 is 0 Å². The van der Waals surface area contributed by atoms with Crippen molar-refractivity contribution < 1.29 is 0 Å². The molecule has 20 heavy (non-hydrogen) atoms. The van der Waals surface area contributed by atoms with Gasteiger partial charge in [0.15, 0.2) is 0 Å². The van der Waals surface area contributed by atoms with Gasteiger partial charge in [0.05, 0.1) is 0 Å². The summed E-state index contributed by atoms with van der Waals surface area (Å²) < 4.78 is 1.83. The molecule has 0 aliphatic heterocycles. The van der Waals surface area contributed by atoms with Crippen LogP contribution in [0.4, 0.5) is 0 Å². The number of rotatable bonds is 2. The predicted molar refractivity (Wildman–Crippen MR) is 83.9 cm³/mol. The van der Waals surface area contributed by atoms with Crippen molar-refractivity contribution in [2.75, 3.05) is 0 Å². The van der Waals surface area contributed by atoms with Crippen LogP contribution in [0.15, 0.2) is 57.5 Å². The number of hydrogen-bond donors (Lipinski definition) is 0. The van der Waals surface area contributed by atoms with E-state index in [1.165, 1.54) is 0 Å². The van der Waals surface area contributed by atoms with Crippen LogP contribution in [0.5, 0.6) is 0 Å². The van der Waals surface area contributed by atoms with Gasteiger partial charge in [0, 0.05) is 20.1 Å². The van der Waals surface area contributed by atoms with E-state index in [1.54, 1.807) is 0 Å². The zero-order valence-corrected chi connectivity index (χ0v) is 13.3. The molecule has 0 aliphatic rings. The summed E-state index contributed by atoms with van der Waals surface area (Å²) in [5.74, 6) is 0.988. The number of nitrogens with zero attached hydrogens (tertiary/aromatic N) is 4. The molecule has 0 aliphatic carbocycles. The third-order valence-corrected chi connectivity index (χ3v) is 4.09. The average molecular weight is 392 g/mol. The highest BCUT2D eigenvalue weighted by Gasteiger charge is 2.10. The Kier molecular flexibility index (Phi) is 3.84. The smallest absolute Gasteiger partial charge is 0.126 e. The fraction of sp³-hybridized carbons (Fsp3) is 0. The van der Waals surface area contributed by atoms with E-state index in [1.807, 2.05) is 48.5 Å². The lowest BCUT2D eigenvalue weighted by Crippen LogP contribution is -2.00. The van der Waals surface area contributed by atoms with Gasteiger partial charge in [0.2, 0.25) is 11.6 Å². The van der Waals surface area contributed by atoms with Gasteiger partial charge in [-0.3, -0.25) is 0 Å². The van der Waals surface area contributed by atoms with Crippen molar-refractivity contribution in [1.82, 2.24) is 20.4 Å². The average Bonchev–Trinajstić information content (AvgIpc) is 2.49. The van der Waals surface area contributed by atoms with Crippen LogP contribution >= 0.6 is 31.9 Å². The lowest BCUT2D eigenvalue weighted by Gasteiger charge is -2.03. The Labute approximate surface area is 132 Å². The van der Waals surface area contributed by atoms with Crippen LogP contribution < -0.4 is 0 Å². The van der Waals surface area contributed by atoms with Crippen LogP contribution in [0.1, 0.15) is 0 Å². The molecule has 0 spiro atoms. The molecule has 3 aromatic rings. The SMILES string of the molecule is Brc1ccccc1-c1nnc(-c2ccccc2Br)nn1. The van der Waals surface area contributed by atoms with E-state index in [0.717, 1.165) is 20.1 Å².